The van der Waals surface area contributed by atoms with Crippen LogP contribution in [0.25, 0.3) is 0 Å². The van der Waals surface area contributed by atoms with Crippen molar-refractivity contribution < 1.29 is 14.1 Å². The molecule has 1 saturated heterocycles. The Labute approximate surface area is 144 Å². The number of hydrogen-bond acceptors (Lipinski definition) is 6. The number of nitrogens with one attached hydrogen (secondary N) is 1. The highest BCUT2D eigenvalue weighted by Gasteiger charge is 2.24. The highest BCUT2D eigenvalue weighted by Crippen LogP contribution is 2.25. The maximum atomic E-state index is 13.3. The normalized spacial score (nSPS) is 16.4. The quantitative estimate of drug-likeness (QED) is 0.640. The lowest BCUT2D eigenvalue weighted by atomic mass is 10.0. The number of hydrogen-bond donors (Lipinski definition) is 1. The van der Waals surface area contributed by atoms with E-state index < -0.39 is 4.92 Å². The van der Waals surface area contributed by atoms with Gasteiger partial charge in [0.2, 0.25) is 5.82 Å². The molecule has 0 spiro atoms. The highest BCUT2D eigenvalue weighted by molar-refractivity contribution is 5.55. The summed E-state index contributed by atoms with van der Waals surface area (Å²) in [6.07, 6.45) is 1.51. The van der Waals surface area contributed by atoms with Crippen molar-refractivity contribution in [3.05, 3.63) is 64.1 Å². The van der Waals surface area contributed by atoms with Crippen molar-refractivity contribution in [1.82, 2.24) is 9.88 Å². The third-order valence-electron chi connectivity index (χ3n) is 4.19. The van der Waals surface area contributed by atoms with Gasteiger partial charge in [0.15, 0.2) is 0 Å². The molecule has 1 aliphatic rings. The molecule has 1 aliphatic heterocycles. The Morgan fingerprint density at radius 1 is 1.28 bits per heavy atom. The third-order valence-corrected chi connectivity index (χ3v) is 4.19. The van der Waals surface area contributed by atoms with E-state index in [1.54, 1.807) is 12.1 Å². The van der Waals surface area contributed by atoms with Crippen LogP contribution in [0, 0.1) is 15.9 Å². The van der Waals surface area contributed by atoms with Crippen LogP contribution in [0.1, 0.15) is 11.6 Å². The third kappa shape index (κ3) is 4.28. The zero-order chi connectivity index (χ0) is 17.6. The first kappa shape index (κ1) is 17.2. The lowest BCUT2D eigenvalue weighted by Crippen LogP contribution is -2.41. The molecule has 1 aromatic carbocycles. The number of rotatable bonds is 6. The Morgan fingerprint density at radius 3 is 2.68 bits per heavy atom. The molecule has 1 fully saturated rings. The summed E-state index contributed by atoms with van der Waals surface area (Å²) in [5.41, 5.74) is 0.872. The van der Waals surface area contributed by atoms with Crippen LogP contribution in [0.5, 0.6) is 0 Å². The van der Waals surface area contributed by atoms with E-state index >= 15 is 0 Å². The van der Waals surface area contributed by atoms with Crippen molar-refractivity contribution in [3.63, 3.8) is 0 Å². The summed E-state index contributed by atoms with van der Waals surface area (Å²) < 4.78 is 18.6. The van der Waals surface area contributed by atoms with Gasteiger partial charge in [0.05, 0.1) is 24.2 Å². The van der Waals surface area contributed by atoms with Gasteiger partial charge in [-0.05, 0) is 23.8 Å². The van der Waals surface area contributed by atoms with Crippen LogP contribution in [-0.4, -0.2) is 47.7 Å². The highest BCUT2D eigenvalue weighted by atomic mass is 19.1. The number of ether oxygens (including phenoxy) is 1. The Bertz CT molecular complexity index is 720. The molecule has 0 radical (unpaired) electrons. The molecule has 0 saturated carbocycles. The van der Waals surface area contributed by atoms with Gasteiger partial charge in [0, 0.05) is 31.9 Å². The van der Waals surface area contributed by atoms with Crippen molar-refractivity contribution in [3.8, 4) is 0 Å². The predicted molar refractivity (Wildman–Crippen MR) is 90.9 cm³/mol. The van der Waals surface area contributed by atoms with E-state index in [1.807, 2.05) is 0 Å². The summed E-state index contributed by atoms with van der Waals surface area (Å²) in [6, 6.07) is 9.21. The molecule has 1 atom stereocenters. The molecule has 2 heterocycles. The van der Waals surface area contributed by atoms with E-state index in [0.717, 1.165) is 18.7 Å². The minimum Gasteiger partial charge on any atom is -0.379 e. The number of morpholine rings is 1. The molecular formula is C17H19FN4O3. The summed E-state index contributed by atoms with van der Waals surface area (Å²) >= 11 is 0. The first-order chi connectivity index (χ1) is 12.1. The van der Waals surface area contributed by atoms with Crippen LogP contribution in [-0.2, 0) is 4.74 Å². The molecule has 132 valence electrons. The van der Waals surface area contributed by atoms with Crippen LogP contribution in [0.4, 0.5) is 15.9 Å². The smallest absolute Gasteiger partial charge is 0.311 e. The molecule has 8 heteroatoms. The lowest BCUT2D eigenvalue weighted by molar-refractivity contribution is -0.384. The molecule has 0 bridgehead atoms. The molecule has 7 nitrogen and oxygen atoms in total. The van der Waals surface area contributed by atoms with Gasteiger partial charge in [-0.25, -0.2) is 9.37 Å². The molecule has 2 aromatic rings. The zero-order valence-electron chi connectivity index (χ0n) is 13.6. The number of anilines is 1. The van der Waals surface area contributed by atoms with Gasteiger partial charge >= 0.3 is 5.69 Å². The first-order valence-electron chi connectivity index (χ1n) is 8.05. The van der Waals surface area contributed by atoms with Gasteiger partial charge in [0.1, 0.15) is 5.82 Å². The fourth-order valence-electron chi connectivity index (χ4n) is 2.91. The van der Waals surface area contributed by atoms with E-state index in [0.29, 0.717) is 19.8 Å². The fraction of sp³-hybridized carbons (Fsp3) is 0.353. The molecule has 3 rings (SSSR count). The van der Waals surface area contributed by atoms with Gasteiger partial charge in [-0.3, -0.25) is 15.0 Å². The number of halogens is 1. The van der Waals surface area contributed by atoms with Crippen LogP contribution in [0.2, 0.25) is 0 Å². The number of nitrogens with zero attached hydrogens (tertiary/aromatic N) is 3. The van der Waals surface area contributed by atoms with E-state index in [1.165, 1.54) is 30.5 Å². The second-order valence-corrected chi connectivity index (χ2v) is 5.72. The van der Waals surface area contributed by atoms with Gasteiger partial charge in [-0.2, -0.15) is 0 Å². The van der Waals surface area contributed by atoms with Gasteiger partial charge in [-0.1, -0.05) is 12.1 Å². The lowest BCUT2D eigenvalue weighted by Gasteiger charge is -2.35. The number of aromatic nitrogens is 1. The summed E-state index contributed by atoms with van der Waals surface area (Å²) in [5, 5.41) is 14.2. The van der Waals surface area contributed by atoms with Gasteiger partial charge < -0.3 is 10.1 Å². The van der Waals surface area contributed by atoms with Gasteiger partial charge in [-0.15, -0.1) is 0 Å². The Hall–Kier alpha value is -2.58. The minimum atomic E-state index is -0.461. The zero-order valence-corrected chi connectivity index (χ0v) is 13.6. The Morgan fingerprint density at radius 2 is 2.00 bits per heavy atom. The number of pyridine rings is 1. The second-order valence-electron chi connectivity index (χ2n) is 5.72. The molecule has 0 aliphatic carbocycles. The second kappa shape index (κ2) is 8.00. The standard InChI is InChI=1S/C17H19FN4O3/c18-14-5-3-13(4-6-14)16(21-8-10-25-11-9-21)12-20-17-15(22(23)24)2-1-7-19-17/h1-7,16H,8-12H2,(H,19,20)/t16-/m1/s1. The summed E-state index contributed by atoms with van der Waals surface area (Å²) in [6.45, 7) is 3.16. The van der Waals surface area contributed by atoms with Crippen molar-refractivity contribution >= 4 is 11.5 Å². The average Bonchev–Trinajstić information content (AvgIpc) is 2.64. The average molecular weight is 346 g/mol. The van der Waals surface area contributed by atoms with E-state index in [-0.39, 0.29) is 23.4 Å². The van der Waals surface area contributed by atoms with Crippen LogP contribution < -0.4 is 5.32 Å². The SMILES string of the molecule is O=[N+]([O-])c1cccnc1NC[C@H](c1ccc(F)cc1)N1CCOCC1. The summed E-state index contributed by atoms with van der Waals surface area (Å²) in [5.74, 6) is -0.0642. The number of nitro groups is 1. The van der Waals surface area contributed by atoms with Crippen molar-refractivity contribution in [2.45, 2.75) is 6.04 Å². The van der Waals surface area contributed by atoms with E-state index in [2.05, 4.69) is 15.2 Å². The minimum absolute atomic E-state index is 0.0638. The van der Waals surface area contributed by atoms with Crippen LogP contribution in [0.15, 0.2) is 42.6 Å². The van der Waals surface area contributed by atoms with Crippen LogP contribution in [0.3, 0.4) is 0 Å². The number of benzene rings is 1. The Kier molecular flexibility index (Phi) is 5.52. The van der Waals surface area contributed by atoms with Gasteiger partial charge in [0.25, 0.3) is 0 Å². The monoisotopic (exact) mass is 346 g/mol. The molecular weight excluding hydrogens is 327 g/mol. The summed E-state index contributed by atoms with van der Waals surface area (Å²) in [4.78, 5) is 17.0. The molecule has 0 unspecified atom stereocenters. The fourth-order valence-corrected chi connectivity index (χ4v) is 2.91. The summed E-state index contributed by atoms with van der Waals surface area (Å²) in [7, 11) is 0. The molecule has 25 heavy (non-hydrogen) atoms. The molecule has 0 amide bonds. The molecule has 1 N–H and O–H groups in total. The van der Waals surface area contributed by atoms with Crippen LogP contribution >= 0.6 is 0 Å². The maximum absolute atomic E-state index is 13.3. The first-order valence-corrected chi connectivity index (χ1v) is 8.05. The molecule has 1 aromatic heterocycles. The van der Waals surface area contributed by atoms with Crippen molar-refractivity contribution in [2.75, 3.05) is 38.2 Å². The van der Waals surface area contributed by atoms with Crippen molar-refractivity contribution in [2.24, 2.45) is 0 Å². The maximum Gasteiger partial charge on any atom is 0.311 e. The van der Waals surface area contributed by atoms with E-state index in [9.17, 15) is 14.5 Å². The largest absolute Gasteiger partial charge is 0.379 e. The Balaban J connectivity index is 1.80. The van der Waals surface area contributed by atoms with E-state index in [4.69, 9.17) is 4.74 Å². The topological polar surface area (TPSA) is 80.5 Å². The van der Waals surface area contributed by atoms with Crippen molar-refractivity contribution in [1.29, 1.82) is 0 Å². The predicted octanol–water partition coefficient (Wildman–Crippen LogP) is 2.61.